The maximum absolute atomic E-state index is 12.8. The van der Waals surface area contributed by atoms with E-state index in [1.54, 1.807) is 11.3 Å². The minimum absolute atomic E-state index is 0.0767. The van der Waals surface area contributed by atoms with Gasteiger partial charge >= 0.3 is 0 Å². The zero-order valence-electron chi connectivity index (χ0n) is 13.4. The third-order valence-electron chi connectivity index (χ3n) is 4.22. The van der Waals surface area contributed by atoms with Gasteiger partial charge in [0, 0.05) is 11.9 Å². The standard InChI is InChI=1S/C17H18N2O4S/c1-11-18-13(9-24-11)14-8-21-5-4-19(14)17(20)7-12-2-3-15-16(6-12)23-10-22-15/h2-3,6,9,14H,4-5,7-8,10H2,1H3/t14-/m1/s1. The average molecular weight is 346 g/mol. The van der Waals surface area contributed by atoms with Crippen molar-refractivity contribution in [3.63, 3.8) is 0 Å². The highest BCUT2D eigenvalue weighted by molar-refractivity contribution is 7.09. The van der Waals surface area contributed by atoms with E-state index in [0.717, 1.165) is 22.0 Å². The number of fused-ring (bicyclic) bond motifs is 1. The second-order valence-electron chi connectivity index (χ2n) is 5.83. The van der Waals surface area contributed by atoms with Crippen LogP contribution >= 0.6 is 11.3 Å². The van der Waals surface area contributed by atoms with Crippen molar-refractivity contribution in [3.05, 3.63) is 39.8 Å². The third kappa shape index (κ3) is 2.97. The molecule has 1 aromatic heterocycles. The Bertz CT molecular complexity index is 761. The maximum atomic E-state index is 12.8. The van der Waals surface area contributed by atoms with E-state index in [1.807, 2.05) is 35.4 Å². The molecule has 1 atom stereocenters. The van der Waals surface area contributed by atoms with Crippen LogP contribution in [0.3, 0.4) is 0 Å². The van der Waals surface area contributed by atoms with Crippen molar-refractivity contribution >= 4 is 17.2 Å². The summed E-state index contributed by atoms with van der Waals surface area (Å²) in [6.07, 6.45) is 0.330. The Kier molecular flexibility index (Phi) is 4.12. The van der Waals surface area contributed by atoms with Crippen molar-refractivity contribution in [1.29, 1.82) is 0 Å². The van der Waals surface area contributed by atoms with E-state index in [0.29, 0.717) is 31.9 Å². The monoisotopic (exact) mass is 346 g/mol. The van der Waals surface area contributed by atoms with E-state index in [9.17, 15) is 4.79 Å². The van der Waals surface area contributed by atoms with Crippen molar-refractivity contribution in [2.75, 3.05) is 26.6 Å². The summed E-state index contributed by atoms with van der Waals surface area (Å²) in [7, 11) is 0. The van der Waals surface area contributed by atoms with Crippen LogP contribution in [0, 0.1) is 6.92 Å². The van der Waals surface area contributed by atoms with E-state index in [2.05, 4.69) is 4.98 Å². The minimum atomic E-state index is -0.106. The number of rotatable bonds is 3. The molecule has 6 nitrogen and oxygen atoms in total. The van der Waals surface area contributed by atoms with Crippen LogP contribution in [0.5, 0.6) is 11.5 Å². The van der Waals surface area contributed by atoms with Crippen molar-refractivity contribution in [2.24, 2.45) is 0 Å². The Morgan fingerprint density at radius 3 is 3.08 bits per heavy atom. The molecule has 126 valence electrons. The highest BCUT2D eigenvalue weighted by Gasteiger charge is 2.30. The predicted molar refractivity (Wildman–Crippen MR) is 88.4 cm³/mol. The first-order chi connectivity index (χ1) is 11.7. The van der Waals surface area contributed by atoms with Gasteiger partial charge in [-0.25, -0.2) is 4.98 Å². The number of nitrogens with zero attached hydrogens (tertiary/aromatic N) is 2. The van der Waals surface area contributed by atoms with E-state index in [1.165, 1.54) is 0 Å². The van der Waals surface area contributed by atoms with Gasteiger partial charge in [-0.15, -0.1) is 11.3 Å². The summed E-state index contributed by atoms with van der Waals surface area (Å²) in [5.41, 5.74) is 1.83. The Morgan fingerprint density at radius 2 is 2.25 bits per heavy atom. The molecule has 1 saturated heterocycles. The summed E-state index contributed by atoms with van der Waals surface area (Å²) >= 11 is 1.59. The number of morpholine rings is 1. The first-order valence-electron chi connectivity index (χ1n) is 7.88. The van der Waals surface area contributed by atoms with Crippen LogP contribution < -0.4 is 9.47 Å². The van der Waals surface area contributed by atoms with E-state index < -0.39 is 0 Å². The number of carbonyl (C=O) groups is 1. The molecule has 4 rings (SSSR count). The van der Waals surface area contributed by atoms with Gasteiger partial charge < -0.3 is 19.1 Å². The second kappa shape index (κ2) is 6.41. The fourth-order valence-electron chi connectivity index (χ4n) is 3.01. The number of thiazole rings is 1. The summed E-state index contributed by atoms with van der Waals surface area (Å²) in [5, 5.41) is 3.01. The van der Waals surface area contributed by atoms with Crippen molar-refractivity contribution in [2.45, 2.75) is 19.4 Å². The lowest BCUT2D eigenvalue weighted by atomic mass is 10.1. The molecule has 0 unspecified atom stereocenters. The lowest BCUT2D eigenvalue weighted by Gasteiger charge is -2.34. The molecular weight excluding hydrogens is 328 g/mol. The van der Waals surface area contributed by atoms with Crippen LogP contribution in [-0.4, -0.2) is 42.3 Å². The van der Waals surface area contributed by atoms with Crippen LogP contribution in [0.2, 0.25) is 0 Å². The van der Waals surface area contributed by atoms with Gasteiger partial charge in [0.2, 0.25) is 12.7 Å². The smallest absolute Gasteiger partial charge is 0.231 e. The van der Waals surface area contributed by atoms with E-state index in [-0.39, 0.29) is 18.7 Å². The SMILES string of the molecule is Cc1nc([C@H]2COCCN2C(=O)Cc2ccc3c(c2)OCO3)cs1. The number of benzene rings is 1. The molecular formula is C17H18N2O4S. The molecule has 1 fully saturated rings. The summed E-state index contributed by atoms with van der Waals surface area (Å²) in [6, 6.07) is 5.53. The second-order valence-corrected chi connectivity index (χ2v) is 6.90. The number of carbonyl (C=O) groups excluding carboxylic acids is 1. The molecule has 2 aromatic rings. The Hall–Kier alpha value is -2.12. The predicted octanol–water partition coefficient (Wildman–Crippen LogP) is 2.32. The Balaban J connectivity index is 1.51. The van der Waals surface area contributed by atoms with Crippen molar-refractivity contribution in [3.8, 4) is 11.5 Å². The van der Waals surface area contributed by atoms with Crippen LogP contribution in [0.15, 0.2) is 23.6 Å². The minimum Gasteiger partial charge on any atom is -0.454 e. The summed E-state index contributed by atoms with van der Waals surface area (Å²) in [5.74, 6) is 1.51. The van der Waals surface area contributed by atoms with Gasteiger partial charge in [0.05, 0.1) is 36.4 Å². The molecule has 0 saturated carbocycles. The van der Waals surface area contributed by atoms with Crippen LogP contribution in [0.25, 0.3) is 0 Å². The van der Waals surface area contributed by atoms with Crippen LogP contribution in [-0.2, 0) is 16.0 Å². The van der Waals surface area contributed by atoms with Gasteiger partial charge in [-0.05, 0) is 24.6 Å². The molecule has 24 heavy (non-hydrogen) atoms. The van der Waals surface area contributed by atoms with Gasteiger partial charge in [0.25, 0.3) is 0 Å². The number of aryl methyl sites for hydroxylation is 1. The Labute approximate surface area is 144 Å². The first kappa shape index (κ1) is 15.4. The molecule has 7 heteroatoms. The molecule has 0 spiro atoms. The number of ether oxygens (including phenoxy) is 3. The Morgan fingerprint density at radius 1 is 1.38 bits per heavy atom. The summed E-state index contributed by atoms with van der Waals surface area (Å²) in [6.45, 7) is 3.85. The van der Waals surface area contributed by atoms with Gasteiger partial charge in [-0.2, -0.15) is 0 Å². The highest BCUT2D eigenvalue weighted by atomic mass is 32.1. The van der Waals surface area contributed by atoms with Gasteiger partial charge in [0.15, 0.2) is 11.5 Å². The lowest BCUT2D eigenvalue weighted by Crippen LogP contribution is -2.44. The summed E-state index contributed by atoms with van der Waals surface area (Å²) in [4.78, 5) is 19.2. The number of hydrogen-bond donors (Lipinski definition) is 0. The van der Waals surface area contributed by atoms with Gasteiger partial charge in [0.1, 0.15) is 0 Å². The molecule has 1 amide bonds. The first-order valence-corrected chi connectivity index (χ1v) is 8.76. The fourth-order valence-corrected chi connectivity index (χ4v) is 3.67. The van der Waals surface area contributed by atoms with Crippen LogP contribution in [0.4, 0.5) is 0 Å². The molecule has 1 aromatic carbocycles. The summed E-state index contributed by atoms with van der Waals surface area (Å²) < 4.78 is 16.3. The molecule has 0 bridgehead atoms. The van der Waals surface area contributed by atoms with Gasteiger partial charge in [-0.3, -0.25) is 4.79 Å². The average Bonchev–Trinajstić information content (AvgIpc) is 3.23. The highest BCUT2D eigenvalue weighted by Crippen LogP contribution is 2.33. The molecule has 0 aliphatic carbocycles. The van der Waals surface area contributed by atoms with Crippen molar-refractivity contribution in [1.82, 2.24) is 9.88 Å². The fraction of sp³-hybridized carbons (Fsp3) is 0.412. The molecule has 0 N–H and O–H groups in total. The number of hydrogen-bond acceptors (Lipinski definition) is 6. The number of amides is 1. The van der Waals surface area contributed by atoms with E-state index in [4.69, 9.17) is 14.2 Å². The van der Waals surface area contributed by atoms with Crippen LogP contribution in [0.1, 0.15) is 22.3 Å². The third-order valence-corrected chi connectivity index (χ3v) is 5.01. The van der Waals surface area contributed by atoms with E-state index >= 15 is 0 Å². The largest absolute Gasteiger partial charge is 0.454 e. The normalized spacial score (nSPS) is 19.5. The zero-order chi connectivity index (χ0) is 16.5. The molecule has 3 heterocycles. The zero-order valence-corrected chi connectivity index (χ0v) is 14.2. The topological polar surface area (TPSA) is 60.9 Å². The van der Waals surface area contributed by atoms with Gasteiger partial charge in [-0.1, -0.05) is 6.07 Å². The quantitative estimate of drug-likeness (QED) is 0.854. The number of aromatic nitrogens is 1. The van der Waals surface area contributed by atoms with Crippen molar-refractivity contribution < 1.29 is 19.0 Å². The molecule has 2 aliphatic heterocycles. The molecule has 0 radical (unpaired) electrons. The molecule has 2 aliphatic rings. The maximum Gasteiger partial charge on any atom is 0.231 e. The lowest BCUT2D eigenvalue weighted by molar-refractivity contribution is -0.139.